The summed E-state index contributed by atoms with van der Waals surface area (Å²) in [5.74, 6) is -0.290. The number of pyridine rings is 1. The third-order valence-electron chi connectivity index (χ3n) is 2.91. The zero-order valence-corrected chi connectivity index (χ0v) is 9.64. The van der Waals surface area contributed by atoms with Gasteiger partial charge in [-0.15, -0.1) is 0 Å². The quantitative estimate of drug-likeness (QED) is 0.711. The van der Waals surface area contributed by atoms with Crippen molar-refractivity contribution in [3.63, 3.8) is 0 Å². The Hall–Kier alpha value is -2.43. The molecule has 4 nitrogen and oxygen atoms in total. The summed E-state index contributed by atoms with van der Waals surface area (Å²) in [5.41, 5.74) is 2.55. The largest absolute Gasteiger partial charge is 0.340 e. The molecule has 0 saturated heterocycles. The smallest absolute Gasteiger partial charge is 0.276 e. The summed E-state index contributed by atoms with van der Waals surface area (Å²) in [4.78, 5) is 18.8. The molecular formula is C13H10FN3O. The van der Waals surface area contributed by atoms with Gasteiger partial charge in [0.1, 0.15) is 16.9 Å². The van der Waals surface area contributed by atoms with Crippen molar-refractivity contribution in [1.29, 1.82) is 0 Å². The number of nitrogens with zero attached hydrogens (tertiary/aromatic N) is 2. The van der Waals surface area contributed by atoms with E-state index in [1.54, 1.807) is 25.4 Å². The minimum absolute atomic E-state index is 0.131. The third kappa shape index (κ3) is 1.52. The molecule has 0 fully saturated rings. The number of nitrogens with one attached hydrogen (secondary N) is 1. The first-order valence-corrected chi connectivity index (χ1v) is 5.45. The van der Waals surface area contributed by atoms with E-state index in [1.807, 2.05) is 0 Å². The molecule has 3 aromatic rings. The number of aryl methyl sites for hydroxylation is 1. The number of imidazole rings is 1. The Labute approximate surface area is 102 Å². The molecule has 0 unspecified atom stereocenters. The molecule has 2 aromatic heterocycles. The maximum absolute atomic E-state index is 12.9. The van der Waals surface area contributed by atoms with Crippen LogP contribution in [0.4, 0.5) is 4.39 Å². The van der Waals surface area contributed by atoms with Gasteiger partial charge >= 0.3 is 0 Å². The topological polar surface area (TPSA) is 50.7 Å². The second-order valence-electron chi connectivity index (χ2n) is 4.09. The summed E-state index contributed by atoms with van der Waals surface area (Å²) < 4.78 is 14.4. The molecule has 90 valence electrons. The maximum Gasteiger partial charge on any atom is 0.276 e. The average molecular weight is 243 g/mol. The summed E-state index contributed by atoms with van der Waals surface area (Å²) in [6, 6.07) is 6.12. The van der Waals surface area contributed by atoms with Gasteiger partial charge in [-0.05, 0) is 17.7 Å². The zero-order chi connectivity index (χ0) is 12.7. The summed E-state index contributed by atoms with van der Waals surface area (Å²) >= 11 is 0. The van der Waals surface area contributed by atoms with Gasteiger partial charge in [-0.1, -0.05) is 12.1 Å². The third-order valence-corrected chi connectivity index (χ3v) is 2.91. The maximum atomic E-state index is 12.9. The molecule has 0 aliphatic carbocycles. The van der Waals surface area contributed by atoms with Crippen LogP contribution in [0.25, 0.3) is 22.2 Å². The van der Waals surface area contributed by atoms with Gasteiger partial charge in [0.25, 0.3) is 5.56 Å². The van der Waals surface area contributed by atoms with Gasteiger partial charge in [-0.3, -0.25) is 4.79 Å². The highest BCUT2D eigenvalue weighted by molar-refractivity contribution is 5.90. The first-order chi connectivity index (χ1) is 8.66. The van der Waals surface area contributed by atoms with E-state index in [-0.39, 0.29) is 11.4 Å². The Kier molecular flexibility index (Phi) is 2.26. The molecule has 18 heavy (non-hydrogen) atoms. The lowest BCUT2D eigenvalue weighted by molar-refractivity contribution is 0.628. The van der Waals surface area contributed by atoms with Gasteiger partial charge in [0, 0.05) is 18.8 Å². The predicted molar refractivity (Wildman–Crippen MR) is 66.7 cm³/mol. The van der Waals surface area contributed by atoms with E-state index < -0.39 is 0 Å². The van der Waals surface area contributed by atoms with E-state index in [4.69, 9.17) is 0 Å². The molecule has 0 amide bonds. The van der Waals surface area contributed by atoms with E-state index in [0.717, 1.165) is 11.1 Å². The van der Waals surface area contributed by atoms with Crippen molar-refractivity contribution in [2.75, 3.05) is 0 Å². The molecule has 0 saturated carbocycles. The average Bonchev–Trinajstić information content (AvgIpc) is 2.84. The molecule has 2 heterocycles. The molecule has 3 rings (SSSR count). The standard InChI is InChI=1S/C13H10FN3O/c1-17-6-10(8-2-4-9(14)5-3-8)11-12(13(17)18)16-7-15-11/h2-7H,1H3,(H,15,16). The SMILES string of the molecule is Cn1cc(-c2ccc(F)cc2)c2nc[nH]c2c1=O. The summed E-state index contributed by atoms with van der Waals surface area (Å²) in [6.07, 6.45) is 3.19. The Morgan fingerprint density at radius 3 is 2.72 bits per heavy atom. The normalized spacial score (nSPS) is 11.0. The fourth-order valence-electron chi connectivity index (χ4n) is 1.99. The summed E-state index contributed by atoms with van der Waals surface area (Å²) in [7, 11) is 1.68. The highest BCUT2D eigenvalue weighted by Crippen LogP contribution is 2.24. The molecule has 0 aliphatic heterocycles. The first-order valence-electron chi connectivity index (χ1n) is 5.45. The zero-order valence-electron chi connectivity index (χ0n) is 9.64. The Morgan fingerprint density at radius 2 is 2.00 bits per heavy atom. The number of aromatic nitrogens is 3. The van der Waals surface area contributed by atoms with Crippen molar-refractivity contribution in [3.05, 3.63) is 53.0 Å². The number of hydrogen-bond donors (Lipinski definition) is 1. The van der Waals surface area contributed by atoms with Crippen LogP contribution in [-0.2, 0) is 7.05 Å². The lowest BCUT2D eigenvalue weighted by Gasteiger charge is -2.05. The van der Waals surface area contributed by atoms with E-state index in [9.17, 15) is 9.18 Å². The van der Waals surface area contributed by atoms with Crippen molar-refractivity contribution in [2.45, 2.75) is 0 Å². The molecule has 0 radical (unpaired) electrons. The second kappa shape index (κ2) is 3.80. The lowest BCUT2D eigenvalue weighted by Crippen LogP contribution is -2.16. The molecule has 0 atom stereocenters. The number of fused-ring (bicyclic) bond motifs is 1. The number of H-pyrrole nitrogens is 1. The van der Waals surface area contributed by atoms with Crippen LogP contribution in [0.1, 0.15) is 0 Å². The van der Waals surface area contributed by atoms with Gasteiger partial charge in [0.05, 0.1) is 6.33 Å². The van der Waals surface area contributed by atoms with Crippen molar-refractivity contribution >= 4 is 11.0 Å². The van der Waals surface area contributed by atoms with Crippen molar-refractivity contribution < 1.29 is 4.39 Å². The number of rotatable bonds is 1. The molecule has 0 spiro atoms. The molecule has 5 heteroatoms. The van der Waals surface area contributed by atoms with Crippen LogP contribution < -0.4 is 5.56 Å². The van der Waals surface area contributed by atoms with Crippen LogP contribution in [-0.4, -0.2) is 14.5 Å². The van der Waals surface area contributed by atoms with Crippen LogP contribution >= 0.6 is 0 Å². The van der Waals surface area contributed by atoms with Gasteiger partial charge in [-0.2, -0.15) is 0 Å². The second-order valence-corrected chi connectivity index (χ2v) is 4.09. The lowest BCUT2D eigenvalue weighted by atomic mass is 10.1. The fourth-order valence-corrected chi connectivity index (χ4v) is 1.99. The first kappa shape index (κ1) is 10.7. The Morgan fingerprint density at radius 1 is 1.28 bits per heavy atom. The highest BCUT2D eigenvalue weighted by Gasteiger charge is 2.11. The van der Waals surface area contributed by atoms with E-state index >= 15 is 0 Å². The van der Waals surface area contributed by atoms with Gasteiger partial charge in [0.2, 0.25) is 0 Å². The van der Waals surface area contributed by atoms with Crippen LogP contribution in [0.5, 0.6) is 0 Å². The number of aromatic amines is 1. The van der Waals surface area contributed by atoms with Crippen molar-refractivity contribution in [1.82, 2.24) is 14.5 Å². The number of hydrogen-bond acceptors (Lipinski definition) is 2. The van der Waals surface area contributed by atoms with Crippen molar-refractivity contribution in [2.24, 2.45) is 7.05 Å². The predicted octanol–water partition coefficient (Wildman–Crippen LogP) is 2.07. The minimum atomic E-state index is -0.290. The number of halogens is 1. The van der Waals surface area contributed by atoms with E-state index in [1.165, 1.54) is 23.0 Å². The van der Waals surface area contributed by atoms with Crippen LogP contribution in [0.3, 0.4) is 0 Å². The van der Waals surface area contributed by atoms with Crippen LogP contribution in [0, 0.1) is 5.82 Å². The van der Waals surface area contributed by atoms with Crippen LogP contribution in [0.2, 0.25) is 0 Å². The van der Waals surface area contributed by atoms with Gasteiger partial charge < -0.3 is 9.55 Å². The molecule has 0 bridgehead atoms. The summed E-state index contributed by atoms with van der Waals surface area (Å²) in [5, 5.41) is 0. The molecular weight excluding hydrogens is 233 g/mol. The highest BCUT2D eigenvalue weighted by atomic mass is 19.1. The molecule has 1 N–H and O–H groups in total. The number of benzene rings is 1. The monoisotopic (exact) mass is 243 g/mol. The fraction of sp³-hybridized carbons (Fsp3) is 0.0769. The van der Waals surface area contributed by atoms with E-state index in [2.05, 4.69) is 9.97 Å². The molecule has 0 aliphatic rings. The summed E-state index contributed by atoms with van der Waals surface area (Å²) in [6.45, 7) is 0. The van der Waals surface area contributed by atoms with Gasteiger partial charge in [-0.25, -0.2) is 9.37 Å². The van der Waals surface area contributed by atoms with Gasteiger partial charge in [0.15, 0.2) is 0 Å². The Balaban J connectivity index is 2.35. The molecule has 1 aromatic carbocycles. The van der Waals surface area contributed by atoms with Crippen molar-refractivity contribution in [3.8, 4) is 11.1 Å². The minimum Gasteiger partial charge on any atom is -0.340 e. The Bertz CT molecular complexity index is 771. The van der Waals surface area contributed by atoms with E-state index in [0.29, 0.717) is 11.0 Å². The van der Waals surface area contributed by atoms with Crippen LogP contribution in [0.15, 0.2) is 41.6 Å².